The molecule has 4 heteroatoms. The molecule has 0 fully saturated rings. The van der Waals surface area contributed by atoms with Crippen LogP contribution in [0.2, 0.25) is 0 Å². The van der Waals surface area contributed by atoms with Crippen LogP contribution in [0.3, 0.4) is 0 Å². The summed E-state index contributed by atoms with van der Waals surface area (Å²) in [6, 6.07) is 0. The molecule has 0 amide bonds. The fourth-order valence-electron chi connectivity index (χ4n) is 2.56. The van der Waals surface area contributed by atoms with Crippen molar-refractivity contribution in [3.63, 3.8) is 0 Å². The highest BCUT2D eigenvalue weighted by Gasteiger charge is 2.06. The number of ether oxygens (including phenoxy) is 2. The van der Waals surface area contributed by atoms with Crippen LogP contribution in [-0.2, 0) is 19.1 Å². The van der Waals surface area contributed by atoms with Crippen molar-refractivity contribution in [1.29, 1.82) is 0 Å². The highest BCUT2D eigenvalue weighted by atomic mass is 16.5. The van der Waals surface area contributed by atoms with E-state index in [2.05, 4.69) is 19.9 Å². The molecule has 0 radical (unpaired) electrons. The summed E-state index contributed by atoms with van der Waals surface area (Å²) in [5.74, 6) is -0.175. The third-order valence-corrected chi connectivity index (χ3v) is 4.22. The van der Waals surface area contributed by atoms with Gasteiger partial charge >= 0.3 is 11.9 Å². The van der Waals surface area contributed by atoms with Crippen molar-refractivity contribution in [2.45, 2.75) is 110 Å². The monoisotopic (exact) mass is 368 g/mol. The molecule has 0 aromatic carbocycles. The second-order valence-corrected chi connectivity index (χ2v) is 6.96. The Morgan fingerprint density at radius 3 is 2.00 bits per heavy atom. The molecule has 0 aromatic rings. The van der Waals surface area contributed by atoms with Crippen molar-refractivity contribution in [2.75, 3.05) is 6.61 Å². The summed E-state index contributed by atoms with van der Waals surface area (Å²) < 4.78 is 10.5. The average Bonchev–Trinajstić information content (AvgIpc) is 2.61. The first-order valence-corrected chi connectivity index (χ1v) is 10.6. The summed E-state index contributed by atoms with van der Waals surface area (Å²) in [4.78, 5) is 23.2. The van der Waals surface area contributed by atoms with E-state index in [0.717, 1.165) is 57.8 Å². The lowest BCUT2D eigenvalue weighted by Crippen LogP contribution is -2.12. The van der Waals surface area contributed by atoms with Gasteiger partial charge in [0.1, 0.15) is 6.10 Å². The summed E-state index contributed by atoms with van der Waals surface area (Å²) >= 11 is 0. The molecule has 0 spiro atoms. The summed E-state index contributed by atoms with van der Waals surface area (Å²) in [6.07, 6.45) is 16.4. The third-order valence-electron chi connectivity index (χ3n) is 4.22. The Morgan fingerprint density at radius 1 is 0.808 bits per heavy atom. The van der Waals surface area contributed by atoms with Gasteiger partial charge < -0.3 is 9.47 Å². The molecule has 0 saturated carbocycles. The number of hydrogen-bond donors (Lipinski definition) is 0. The molecule has 0 aliphatic rings. The second-order valence-electron chi connectivity index (χ2n) is 6.96. The SMILES string of the molecule is CCCC/C=C/C(C)OC(=O)CCCCCCCCC(=O)OCCCC. The third kappa shape index (κ3) is 17.5. The van der Waals surface area contributed by atoms with Gasteiger partial charge in [0.2, 0.25) is 0 Å². The molecule has 0 saturated heterocycles. The zero-order chi connectivity index (χ0) is 19.5. The van der Waals surface area contributed by atoms with Gasteiger partial charge in [-0.25, -0.2) is 0 Å². The van der Waals surface area contributed by atoms with Gasteiger partial charge in [-0.05, 0) is 38.7 Å². The Balaban J connectivity index is 3.44. The molecule has 0 aliphatic carbocycles. The van der Waals surface area contributed by atoms with E-state index in [0.29, 0.717) is 19.4 Å². The average molecular weight is 369 g/mol. The standard InChI is InChI=1S/C22H40O4/c1-4-6-8-13-16-20(3)26-22(24)18-15-12-10-9-11-14-17-21(23)25-19-7-5-2/h13,16,20H,4-12,14-15,17-19H2,1-3H3/b16-13+. The lowest BCUT2D eigenvalue weighted by Gasteiger charge is -2.09. The molecule has 0 N–H and O–H groups in total. The Morgan fingerprint density at radius 2 is 1.38 bits per heavy atom. The van der Waals surface area contributed by atoms with E-state index in [-0.39, 0.29) is 18.0 Å². The number of allylic oxidation sites excluding steroid dienone is 1. The summed E-state index contributed by atoms with van der Waals surface area (Å²) in [6.45, 7) is 6.71. The van der Waals surface area contributed by atoms with Crippen LogP contribution >= 0.6 is 0 Å². The molecule has 0 aliphatic heterocycles. The topological polar surface area (TPSA) is 52.6 Å². The number of esters is 2. The van der Waals surface area contributed by atoms with E-state index in [9.17, 15) is 9.59 Å². The van der Waals surface area contributed by atoms with Gasteiger partial charge in [0, 0.05) is 12.8 Å². The fourth-order valence-corrected chi connectivity index (χ4v) is 2.56. The minimum atomic E-state index is -0.128. The molecule has 4 nitrogen and oxygen atoms in total. The van der Waals surface area contributed by atoms with Crippen LogP contribution in [0.1, 0.15) is 104 Å². The smallest absolute Gasteiger partial charge is 0.306 e. The molecule has 1 unspecified atom stereocenters. The quantitative estimate of drug-likeness (QED) is 0.176. The normalized spacial score (nSPS) is 12.3. The summed E-state index contributed by atoms with van der Waals surface area (Å²) in [5.41, 5.74) is 0. The maximum absolute atomic E-state index is 11.8. The molecule has 0 heterocycles. The zero-order valence-electron chi connectivity index (χ0n) is 17.3. The van der Waals surface area contributed by atoms with Crippen LogP contribution in [0.25, 0.3) is 0 Å². The second kappa shape index (κ2) is 18.5. The van der Waals surface area contributed by atoms with Gasteiger partial charge in [0.15, 0.2) is 0 Å². The first kappa shape index (κ1) is 24.7. The highest BCUT2D eigenvalue weighted by molar-refractivity contribution is 5.69. The van der Waals surface area contributed by atoms with Crippen LogP contribution in [0.5, 0.6) is 0 Å². The molecule has 26 heavy (non-hydrogen) atoms. The number of hydrogen-bond acceptors (Lipinski definition) is 4. The minimum absolute atomic E-state index is 0.0703. The zero-order valence-corrected chi connectivity index (χ0v) is 17.3. The van der Waals surface area contributed by atoms with Crippen molar-refractivity contribution < 1.29 is 19.1 Å². The maximum Gasteiger partial charge on any atom is 0.306 e. The van der Waals surface area contributed by atoms with E-state index >= 15 is 0 Å². The van der Waals surface area contributed by atoms with Crippen molar-refractivity contribution in [3.8, 4) is 0 Å². The van der Waals surface area contributed by atoms with Crippen LogP contribution in [-0.4, -0.2) is 24.6 Å². The van der Waals surface area contributed by atoms with Gasteiger partial charge in [-0.2, -0.15) is 0 Å². The van der Waals surface area contributed by atoms with Crippen molar-refractivity contribution >= 4 is 11.9 Å². The van der Waals surface area contributed by atoms with E-state index in [4.69, 9.17) is 9.47 Å². The van der Waals surface area contributed by atoms with Gasteiger partial charge in [-0.3, -0.25) is 9.59 Å². The van der Waals surface area contributed by atoms with E-state index < -0.39 is 0 Å². The Kier molecular flexibility index (Phi) is 17.5. The Bertz CT molecular complexity index is 376. The summed E-state index contributed by atoms with van der Waals surface area (Å²) in [7, 11) is 0. The van der Waals surface area contributed by atoms with Crippen LogP contribution in [0.4, 0.5) is 0 Å². The molecule has 152 valence electrons. The largest absolute Gasteiger partial charge is 0.466 e. The fraction of sp³-hybridized carbons (Fsp3) is 0.818. The number of carbonyl (C=O) groups is 2. The molecule has 0 bridgehead atoms. The Labute approximate surface area is 160 Å². The van der Waals surface area contributed by atoms with Gasteiger partial charge in [0.05, 0.1) is 6.61 Å². The lowest BCUT2D eigenvalue weighted by molar-refractivity contribution is -0.146. The van der Waals surface area contributed by atoms with Crippen LogP contribution in [0.15, 0.2) is 12.2 Å². The lowest BCUT2D eigenvalue weighted by atomic mass is 10.1. The predicted molar refractivity (Wildman–Crippen MR) is 107 cm³/mol. The van der Waals surface area contributed by atoms with E-state index in [1.54, 1.807) is 0 Å². The van der Waals surface area contributed by atoms with Gasteiger partial charge in [0.25, 0.3) is 0 Å². The van der Waals surface area contributed by atoms with Gasteiger partial charge in [-0.1, -0.05) is 64.9 Å². The molecular formula is C22H40O4. The first-order valence-electron chi connectivity index (χ1n) is 10.6. The Hall–Kier alpha value is -1.32. The van der Waals surface area contributed by atoms with Crippen LogP contribution in [0, 0.1) is 0 Å². The number of rotatable bonds is 17. The number of unbranched alkanes of at least 4 members (excludes halogenated alkanes) is 8. The minimum Gasteiger partial charge on any atom is -0.466 e. The summed E-state index contributed by atoms with van der Waals surface area (Å²) in [5, 5.41) is 0. The van der Waals surface area contributed by atoms with Crippen molar-refractivity contribution in [2.24, 2.45) is 0 Å². The molecule has 0 aromatic heterocycles. The van der Waals surface area contributed by atoms with E-state index in [1.807, 2.05) is 13.0 Å². The number of carbonyl (C=O) groups excluding carboxylic acids is 2. The van der Waals surface area contributed by atoms with Crippen molar-refractivity contribution in [1.82, 2.24) is 0 Å². The highest BCUT2D eigenvalue weighted by Crippen LogP contribution is 2.10. The van der Waals surface area contributed by atoms with Crippen LogP contribution < -0.4 is 0 Å². The first-order chi connectivity index (χ1) is 12.6. The molecule has 0 rings (SSSR count). The maximum atomic E-state index is 11.8. The molecule has 1 atom stereocenters. The molecular weight excluding hydrogens is 328 g/mol. The van der Waals surface area contributed by atoms with Gasteiger partial charge in [-0.15, -0.1) is 0 Å². The van der Waals surface area contributed by atoms with Crippen molar-refractivity contribution in [3.05, 3.63) is 12.2 Å². The van der Waals surface area contributed by atoms with E-state index in [1.165, 1.54) is 12.8 Å². The predicted octanol–water partition coefficient (Wildman–Crippen LogP) is 6.13.